The van der Waals surface area contributed by atoms with Gasteiger partial charge in [0.15, 0.2) is 5.16 Å². The van der Waals surface area contributed by atoms with Crippen molar-refractivity contribution in [1.82, 2.24) is 9.55 Å². The first-order chi connectivity index (χ1) is 13.6. The summed E-state index contributed by atoms with van der Waals surface area (Å²) in [5.74, 6) is -0.0423. The number of nitrogens with zero attached hydrogens (tertiary/aromatic N) is 2. The zero-order valence-electron chi connectivity index (χ0n) is 15.3. The number of halogens is 1. The van der Waals surface area contributed by atoms with E-state index in [0.29, 0.717) is 33.9 Å². The Balaban J connectivity index is 1.64. The molecule has 0 unspecified atom stereocenters. The Morgan fingerprint density at radius 2 is 2.00 bits per heavy atom. The zero-order chi connectivity index (χ0) is 19.9. The average molecular weight is 400 g/mol. The third-order valence-electron chi connectivity index (χ3n) is 4.07. The second-order valence-corrected chi connectivity index (χ2v) is 7.17. The highest BCUT2D eigenvalue weighted by Crippen LogP contribution is 2.19. The number of para-hydroxylation sites is 1. The van der Waals surface area contributed by atoms with Crippen LogP contribution in [0.1, 0.15) is 5.56 Å². The molecule has 0 aliphatic carbocycles. The van der Waals surface area contributed by atoms with Gasteiger partial charge in [0.25, 0.3) is 5.56 Å². The molecule has 5 nitrogen and oxygen atoms in total. The number of benzene rings is 2. The van der Waals surface area contributed by atoms with Gasteiger partial charge in [-0.3, -0.25) is 9.36 Å². The van der Waals surface area contributed by atoms with Gasteiger partial charge in [-0.1, -0.05) is 48.2 Å². The molecule has 3 rings (SSSR count). The Morgan fingerprint density at radius 1 is 1.25 bits per heavy atom. The van der Waals surface area contributed by atoms with Crippen LogP contribution in [0, 0.1) is 5.82 Å². The Labute approximate surface area is 166 Å². The van der Waals surface area contributed by atoms with E-state index in [4.69, 9.17) is 4.74 Å². The monoisotopic (exact) mass is 400 g/mol. The first-order valence-electron chi connectivity index (χ1n) is 8.82. The molecular formula is C21H21FN2O3S. The summed E-state index contributed by atoms with van der Waals surface area (Å²) in [5.41, 5.74) is 0.914. The van der Waals surface area contributed by atoms with Crippen molar-refractivity contribution in [2.24, 2.45) is 0 Å². The standard InChI is InChI=1S/C21H21FN2O3S/c1-2-11-24-20(26)17-8-4-6-10-19(17)23-21(24)28-14-16(25)13-27-12-15-7-3-5-9-18(15)22/h2-10,16,25H,1,11-14H2/t16-/m0/s1. The number of thioether (sulfide) groups is 1. The Hall–Kier alpha value is -2.48. The minimum Gasteiger partial charge on any atom is -0.390 e. The molecular weight excluding hydrogens is 379 g/mol. The molecule has 0 bridgehead atoms. The van der Waals surface area contributed by atoms with E-state index in [1.54, 1.807) is 42.5 Å². The van der Waals surface area contributed by atoms with Crippen molar-refractivity contribution in [2.45, 2.75) is 24.4 Å². The fourth-order valence-electron chi connectivity index (χ4n) is 2.69. The molecule has 146 valence electrons. The topological polar surface area (TPSA) is 64.3 Å². The molecule has 0 fully saturated rings. The summed E-state index contributed by atoms with van der Waals surface area (Å²) in [6, 6.07) is 13.5. The molecule has 0 radical (unpaired) electrons. The second-order valence-electron chi connectivity index (χ2n) is 6.19. The van der Waals surface area contributed by atoms with E-state index in [9.17, 15) is 14.3 Å². The van der Waals surface area contributed by atoms with Crippen LogP contribution in [-0.4, -0.2) is 33.1 Å². The van der Waals surface area contributed by atoms with Gasteiger partial charge in [-0.2, -0.15) is 0 Å². The maximum atomic E-state index is 13.6. The number of fused-ring (bicyclic) bond motifs is 1. The van der Waals surface area contributed by atoms with Crippen LogP contribution in [0.4, 0.5) is 4.39 Å². The molecule has 1 aromatic heterocycles. The van der Waals surface area contributed by atoms with Crippen LogP contribution >= 0.6 is 11.8 Å². The zero-order valence-corrected chi connectivity index (χ0v) is 16.1. The van der Waals surface area contributed by atoms with Gasteiger partial charge in [0, 0.05) is 17.9 Å². The van der Waals surface area contributed by atoms with Crippen molar-refractivity contribution in [3.05, 3.63) is 82.9 Å². The molecule has 0 spiro atoms. The lowest BCUT2D eigenvalue weighted by atomic mass is 10.2. The molecule has 0 amide bonds. The maximum absolute atomic E-state index is 13.6. The normalized spacial score (nSPS) is 12.2. The molecule has 0 saturated heterocycles. The van der Waals surface area contributed by atoms with Gasteiger partial charge in [0.05, 0.1) is 30.2 Å². The Morgan fingerprint density at radius 3 is 2.79 bits per heavy atom. The van der Waals surface area contributed by atoms with Gasteiger partial charge in [-0.25, -0.2) is 9.37 Å². The number of allylic oxidation sites excluding steroid dienone is 1. The van der Waals surface area contributed by atoms with Crippen LogP contribution in [0.5, 0.6) is 0 Å². The van der Waals surface area contributed by atoms with Gasteiger partial charge in [0.2, 0.25) is 0 Å². The van der Waals surface area contributed by atoms with Gasteiger partial charge < -0.3 is 9.84 Å². The molecule has 28 heavy (non-hydrogen) atoms. The smallest absolute Gasteiger partial charge is 0.262 e. The molecule has 0 aliphatic rings. The van der Waals surface area contributed by atoms with E-state index < -0.39 is 6.10 Å². The first kappa shape index (κ1) is 20.3. The number of rotatable bonds is 9. The van der Waals surface area contributed by atoms with E-state index >= 15 is 0 Å². The van der Waals surface area contributed by atoms with Crippen LogP contribution in [0.15, 0.2) is 71.1 Å². The first-order valence-corrected chi connectivity index (χ1v) is 9.81. The van der Waals surface area contributed by atoms with E-state index in [0.717, 1.165) is 0 Å². The molecule has 7 heteroatoms. The number of aliphatic hydroxyl groups is 1. The summed E-state index contributed by atoms with van der Waals surface area (Å²) in [6.07, 6.45) is 0.855. The van der Waals surface area contributed by atoms with Gasteiger partial charge in [-0.15, -0.1) is 6.58 Å². The fourth-order valence-corrected chi connectivity index (χ4v) is 3.60. The molecule has 0 aliphatic heterocycles. The fraction of sp³-hybridized carbons (Fsp3) is 0.238. The predicted molar refractivity (Wildman–Crippen MR) is 109 cm³/mol. The van der Waals surface area contributed by atoms with Crippen LogP contribution in [0.2, 0.25) is 0 Å². The molecule has 1 N–H and O–H groups in total. The minimum absolute atomic E-state index is 0.0562. The summed E-state index contributed by atoms with van der Waals surface area (Å²) in [7, 11) is 0. The lowest BCUT2D eigenvalue weighted by Gasteiger charge is -2.14. The van der Waals surface area contributed by atoms with E-state index in [2.05, 4.69) is 11.6 Å². The number of aromatic nitrogens is 2. The largest absolute Gasteiger partial charge is 0.390 e. The van der Waals surface area contributed by atoms with Gasteiger partial charge >= 0.3 is 0 Å². The third kappa shape index (κ3) is 4.86. The molecule has 1 heterocycles. The van der Waals surface area contributed by atoms with Crippen molar-refractivity contribution in [3.8, 4) is 0 Å². The molecule has 3 aromatic rings. The summed E-state index contributed by atoms with van der Waals surface area (Å²) in [6.45, 7) is 4.17. The highest BCUT2D eigenvalue weighted by molar-refractivity contribution is 7.99. The molecule has 0 saturated carbocycles. The van der Waals surface area contributed by atoms with Gasteiger partial charge in [0.1, 0.15) is 5.82 Å². The van der Waals surface area contributed by atoms with Crippen molar-refractivity contribution in [2.75, 3.05) is 12.4 Å². The summed E-state index contributed by atoms with van der Waals surface area (Å²) < 4.78 is 20.5. The lowest BCUT2D eigenvalue weighted by molar-refractivity contribution is 0.0386. The third-order valence-corrected chi connectivity index (χ3v) is 5.19. The van der Waals surface area contributed by atoms with E-state index in [-0.39, 0.29) is 24.6 Å². The average Bonchev–Trinajstić information content (AvgIpc) is 2.70. The predicted octanol–water partition coefficient (Wildman–Crippen LogP) is 3.39. The van der Waals surface area contributed by atoms with Crippen LogP contribution in [0.3, 0.4) is 0 Å². The number of hydrogen-bond acceptors (Lipinski definition) is 5. The maximum Gasteiger partial charge on any atom is 0.262 e. The quantitative estimate of drug-likeness (QED) is 0.339. The van der Waals surface area contributed by atoms with Crippen LogP contribution < -0.4 is 5.56 Å². The SMILES string of the molecule is C=CCn1c(SC[C@@H](O)COCc2ccccc2F)nc2ccccc2c1=O. The second kappa shape index (κ2) is 9.64. The number of aliphatic hydroxyl groups excluding tert-OH is 1. The lowest BCUT2D eigenvalue weighted by Crippen LogP contribution is -2.24. The molecule has 1 atom stereocenters. The minimum atomic E-state index is -0.780. The van der Waals surface area contributed by atoms with Crippen molar-refractivity contribution in [1.29, 1.82) is 0 Å². The molecule has 2 aromatic carbocycles. The van der Waals surface area contributed by atoms with Crippen LogP contribution in [-0.2, 0) is 17.9 Å². The Kier molecular flexibility index (Phi) is 6.97. The van der Waals surface area contributed by atoms with Crippen molar-refractivity contribution in [3.63, 3.8) is 0 Å². The van der Waals surface area contributed by atoms with Crippen molar-refractivity contribution >= 4 is 22.7 Å². The van der Waals surface area contributed by atoms with Gasteiger partial charge in [-0.05, 0) is 18.2 Å². The summed E-state index contributed by atoms with van der Waals surface area (Å²) >= 11 is 1.27. The number of ether oxygens (including phenoxy) is 1. The summed E-state index contributed by atoms with van der Waals surface area (Å²) in [4.78, 5) is 17.2. The Bertz CT molecular complexity index is 1020. The van der Waals surface area contributed by atoms with Crippen LogP contribution in [0.25, 0.3) is 10.9 Å². The highest BCUT2D eigenvalue weighted by atomic mass is 32.2. The van der Waals surface area contributed by atoms with E-state index in [1.807, 2.05) is 6.07 Å². The number of hydrogen-bond donors (Lipinski definition) is 1. The van der Waals surface area contributed by atoms with Crippen molar-refractivity contribution < 1.29 is 14.2 Å². The highest BCUT2D eigenvalue weighted by Gasteiger charge is 2.13. The van der Waals surface area contributed by atoms with E-state index in [1.165, 1.54) is 22.4 Å². The summed E-state index contributed by atoms with van der Waals surface area (Å²) in [5, 5.41) is 11.2.